The molecule has 0 aliphatic carbocycles. The molecule has 0 spiro atoms. The van der Waals surface area contributed by atoms with Crippen LogP contribution in [0.5, 0.6) is 0 Å². The Morgan fingerprint density at radius 1 is 0.514 bits per heavy atom. The van der Waals surface area contributed by atoms with Gasteiger partial charge in [0, 0.05) is 0 Å². The predicted octanol–water partition coefficient (Wildman–Crippen LogP) is 12.8. The molecule has 0 saturated carbocycles. The second kappa shape index (κ2) is 21.6. The predicted molar refractivity (Wildman–Crippen MR) is 169 cm³/mol. The van der Waals surface area contributed by atoms with Crippen LogP contribution >= 0.6 is 0 Å². The summed E-state index contributed by atoms with van der Waals surface area (Å²) in [5.41, 5.74) is 3.29. The van der Waals surface area contributed by atoms with E-state index < -0.39 is 0 Å². The Bertz CT molecular complexity index is 788. The minimum absolute atomic E-state index is 0.793. The van der Waals surface area contributed by atoms with Gasteiger partial charge in [0.25, 0.3) is 0 Å². The van der Waals surface area contributed by atoms with Crippen molar-refractivity contribution in [1.29, 1.82) is 0 Å². The second-order valence-electron chi connectivity index (χ2n) is 12.1. The van der Waals surface area contributed by atoms with Crippen molar-refractivity contribution in [3.05, 3.63) is 47.5 Å². The van der Waals surface area contributed by atoms with Gasteiger partial charge in [0.15, 0.2) is 0 Å². The number of benzene rings is 2. The molecule has 210 valence electrons. The molecule has 0 bridgehead atoms. The van der Waals surface area contributed by atoms with Gasteiger partial charge in [0.1, 0.15) is 0 Å². The molecule has 1 unspecified atom stereocenters. The Hall–Kier alpha value is -1.30. The van der Waals surface area contributed by atoms with Crippen molar-refractivity contribution < 1.29 is 0 Å². The van der Waals surface area contributed by atoms with Crippen LogP contribution < -0.4 is 0 Å². The van der Waals surface area contributed by atoms with E-state index in [9.17, 15) is 0 Å². The number of rotatable bonds is 24. The zero-order chi connectivity index (χ0) is 26.4. The summed E-state index contributed by atoms with van der Waals surface area (Å²) in [4.78, 5) is 0. The smallest absolute Gasteiger partial charge is 0.0149 e. The first kappa shape index (κ1) is 31.9. The molecule has 0 saturated heterocycles. The van der Waals surface area contributed by atoms with E-state index in [1.54, 1.807) is 11.1 Å². The Kier molecular flexibility index (Phi) is 18.6. The molecule has 2 rings (SSSR count). The summed E-state index contributed by atoms with van der Waals surface area (Å²) in [6, 6.07) is 13.9. The van der Waals surface area contributed by atoms with Gasteiger partial charge in [-0.25, -0.2) is 0 Å². The van der Waals surface area contributed by atoms with Crippen molar-refractivity contribution in [2.45, 2.75) is 168 Å². The normalized spacial score (nSPS) is 12.4. The Labute approximate surface area is 232 Å². The topological polar surface area (TPSA) is 0 Å². The molecule has 0 aromatic heterocycles. The number of aryl methyl sites for hydroxylation is 1. The van der Waals surface area contributed by atoms with Crippen LogP contribution in [0, 0.1) is 5.92 Å². The molecule has 0 aliphatic heterocycles. The van der Waals surface area contributed by atoms with Crippen LogP contribution in [-0.4, -0.2) is 0 Å². The summed E-state index contributed by atoms with van der Waals surface area (Å²) in [7, 11) is 0. The molecule has 0 aliphatic rings. The molecule has 0 amide bonds. The van der Waals surface area contributed by atoms with Gasteiger partial charge in [-0.15, -0.1) is 0 Å². The quantitative estimate of drug-likeness (QED) is 0.124. The molecule has 0 heterocycles. The summed E-state index contributed by atoms with van der Waals surface area (Å²) in [6.45, 7) is 7.10. The third-order valence-electron chi connectivity index (χ3n) is 8.54. The highest BCUT2D eigenvalue weighted by Gasteiger charge is 2.11. The molecule has 1 atom stereocenters. The molecular weight excluding hydrogens is 444 g/mol. The SMILES string of the molecule is CCCCCCCCCCCCCCc1c(CC(C)CCCCCCCCCC)ccc2ccccc12. The molecule has 0 heteroatoms. The van der Waals surface area contributed by atoms with Gasteiger partial charge < -0.3 is 0 Å². The van der Waals surface area contributed by atoms with Gasteiger partial charge in [-0.2, -0.15) is 0 Å². The van der Waals surface area contributed by atoms with Gasteiger partial charge in [0.2, 0.25) is 0 Å². The third-order valence-corrected chi connectivity index (χ3v) is 8.54. The van der Waals surface area contributed by atoms with Gasteiger partial charge in [-0.05, 0) is 47.1 Å². The summed E-state index contributed by atoms with van der Waals surface area (Å²) in [6.07, 6.45) is 32.4. The molecule has 2 aromatic carbocycles. The van der Waals surface area contributed by atoms with Gasteiger partial charge in [-0.1, -0.05) is 186 Å². The summed E-state index contributed by atoms with van der Waals surface area (Å²) in [5, 5.41) is 2.94. The largest absolute Gasteiger partial charge is 0.0654 e. The monoisotopic (exact) mass is 506 g/mol. The van der Waals surface area contributed by atoms with Crippen LogP contribution in [0.15, 0.2) is 36.4 Å². The van der Waals surface area contributed by atoms with E-state index in [1.807, 2.05) is 0 Å². The molecule has 0 fully saturated rings. The zero-order valence-corrected chi connectivity index (χ0v) is 25.3. The van der Waals surface area contributed by atoms with Gasteiger partial charge >= 0.3 is 0 Å². The summed E-state index contributed by atoms with van der Waals surface area (Å²) < 4.78 is 0. The van der Waals surface area contributed by atoms with Crippen LogP contribution in [0.4, 0.5) is 0 Å². The highest BCUT2D eigenvalue weighted by molar-refractivity contribution is 5.86. The molecule has 0 nitrogen and oxygen atoms in total. The van der Waals surface area contributed by atoms with Gasteiger partial charge in [-0.3, -0.25) is 0 Å². The molecule has 2 aromatic rings. The average molecular weight is 507 g/mol. The molecule has 37 heavy (non-hydrogen) atoms. The van der Waals surface area contributed by atoms with Crippen molar-refractivity contribution >= 4 is 10.8 Å². The fraction of sp³-hybridized carbons (Fsp3) is 0.730. The first-order valence-corrected chi connectivity index (χ1v) is 16.8. The maximum atomic E-state index is 2.49. The van der Waals surface area contributed by atoms with Crippen molar-refractivity contribution in [2.24, 2.45) is 5.92 Å². The lowest BCUT2D eigenvalue weighted by atomic mass is 9.88. The van der Waals surface area contributed by atoms with E-state index in [-0.39, 0.29) is 0 Å². The van der Waals surface area contributed by atoms with Crippen molar-refractivity contribution in [1.82, 2.24) is 0 Å². The first-order chi connectivity index (χ1) is 18.3. The van der Waals surface area contributed by atoms with Crippen molar-refractivity contribution in [2.75, 3.05) is 0 Å². The fourth-order valence-corrected chi connectivity index (χ4v) is 6.11. The lowest BCUT2D eigenvalue weighted by molar-refractivity contribution is 0.477. The first-order valence-electron chi connectivity index (χ1n) is 16.8. The maximum Gasteiger partial charge on any atom is -0.0149 e. The maximum absolute atomic E-state index is 2.49. The lowest BCUT2D eigenvalue weighted by Crippen LogP contribution is -2.04. The lowest BCUT2D eigenvalue weighted by Gasteiger charge is -2.17. The van der Waals surface area contributed by atoms with Crippen LogP contribution in [-0.2, 0) is 12.8 Å². The highest BCUT2D eigenvalue weighted by atomic mass is 14.2. The Balaban J connectivity index is 1.70. The van der Waals surface area contributed by atoms with Crippen molar-refractivity contribution in [3.8, 4) is 0 Å². The van der Waals surface area contributed by atoms with E-state index in [4.69, 9.17) is 0 Å². The van der Waals surface area contributed by atoms with E-state index in [0.717, 1.165) is 5.92 Å². The minimum Gasteiger partial charge on any atom is -0.0654 e. The fourth-order valence-electron chi connectivity index (χ4n) is 6.11. The third kappa shape index (κ3) is 14.4. The Morgan fingerprint density at radius 2 is 1.00 bits per heavy atom. The van der Waals surface area contributed by atoms with Crippen molar-refractivity contribution in [3.63, 3.8) is 0 Å². The second-order valence-corrected chi connectivity index (χ2v) is 12.1. The number of hydrogen-bond donors (Lipinski definition) is 0. The summed E-state index contributed by atoms with van der Waals surface area (Å²) in [5.74, 6) is 0.793. The van der Waals surface area contributed by atoms with Gasteiger partial charge in [0.05, 0.1) is 0 Å². The standard InChI is InChI=1S/C37H62/c1-4-6-8-10-12-14-15-16-17-19-21-23-28-37-35(31-30-34-27-24-25-29-36(34)37)32-33(3)26-22-20-18-13-11-9-7-5-2/h24-25,27,29-31,33H,4-23,26,28,32H2,1-3H3. The average Bonchev–Trinajstić information content (AvgIpc) is 2.91. The minimum atomic E-state index is 0.793. The molecule has 0 N–H and O–H groups in total. The number of fused-ring (bicyclic) bond motifs is 1. The van der Waals surface area contributed by atoms with E-state index >= 15 is 0 Å². The number of unbranched alkanes of at least 4 members (excludes halogenated alkanes) is 18. The molecular formula is C37H62. The Morgan fingerprint density at radius 3 is 1.57 bits per heavy atom. The summed E-state index contributed by atoms with van der Waals surface area (Å²) >= 11 is 0. The van der Waals surface area contributed by atoms with E-state index in [0.29, 0.717) is 0 Å². The zero-order valence-electron chi connectivity index (χ0n) is 25.3. The van der Waals surface area contributed by atoms with Crippen LogP contribution in [0.3, 0.4) is 0 Å². The number of hydrogen-bond acceptors (Lipinski definition) is 0. The van der Waals surface area contributed by atoms with E-state index in [2.05, 4.69) is 57.2 Å². The molecule has 0 radical (unpaired) electrons. The van der Waals surface area contributed by atoms with Crippen LogP contribution in [0.2, 0.25) is 0 Å². The van der Waals surface area contributed by atoms with E-state index in [1.165, 1.54) is 158 Å². The van der Waals surface area contributed by atoms with Crippen LogP contribution in [0.25, 0.3) is 10.8 Å². The highest BCUT2D eigenvalue weighted by Crippen LogP contribution is 2.28. The van der Waals surface area contributed by atoms with Crippen LogP contribution in [0.1, 0.15) is 167 Å².